The Morgan fingerprint density at radius 2 is 1.65 bits per heavy atom. The predicted octanol–water partition coefficient (Wildman–Crippen LogP) is 3.67. The summed E-state index contributed by atoms with van der Waals surface area (Å²) in [5.41, 5.74) is 2.90. The van der Waals surface area contributed by atoms with E-state index in [4.69, 9.17) is 9.47 Å². The molecule has 1 amide bonds. The number of amides is 1. The van der Waals surface area contributed by atoms with Crippen LogP contribution in [0.3, 0.4) is 0 Å². The van der Waals surface area contributed by atoms with Gasteiger partial charge in [0.05, 0.1) is 14.2 Å². The first-order chi connectivity index (χ1) is 11.1. The van der Waals surface area contributed by atoms with Gasteiger partial charge in [0.2, 0.25) is 0 Å². The molecule has 2 rings (SSSR count). The van der Waals surface area contributed by atoms with E-state index in [1.807, 2.05) is 24.0 Å². The van der Waals surface area contributed by atoms with Crippen LogP contribution in [0.25, 0.3) is 0 Å². The highest BCUT2D eigenvalue weighted by Crippen LogP contribution is 2.24. The molecule has 0 saturated heterocycles. The Morgan fingerprint density at radius 3 is 2.17 bits per heavy atom. The third-order valence-corrected chi connectivity index (χ3v) is 3.89. The van der Waals surface area contributed by atoms with Crippen LogP contribution in [0.4, 0.5) is 0 Å². The van der Waals surface area contributed by atoms with Gasteiger partial charge in [0.25, 0.3) is 5.91 Å². The highest BCUT2D eigenvalue weighted by atomic mass is 16.5. The van der Waals surface area contributed by atoms with Gasteiger partial charge in [-0.05, 0) is 37.1 Å². The molecule has 0 spiro atoms. The molecular weight excluding hydrogens is 290 g/mol. The van der Waals surface area contributed by atoms with Gasteiger partial charge in [-0.2, -0.15) is 0 Å². The van der Waals surface area contributed by atoms with Gasteiger partial charge in [-0.25, -0.2) is 0 Å². The van der Waals surface area contributed by atoms with Crippen molar-refractivity contribution in [1.29, 1.82) is 0 Å². The molecule has 0 aliphatic heterocycles. The van der Waals surface area contributed by atoms with Crippen molar-refractivity contribution in [1.82, 2.24) is 4.90 Å². The van der Waals surface area contributed by atoms with Crippen molar-refractivity contribution in [2.75, 3.05) is 20.8 Å². The number of hydrogen-bond acceptors (Lipinski definition) is 3. The molecule has 2 aromatic carbocycles. The van der Waals surface area contributed by atoms with E-state index in [1.165, 1.54) is 5.56 Å². The monoisotopic (exact) mass is 313 g/mol. The van der Waals surface area contributed by atoms with Crippen molar-refractivity contribution in [3.63, 3.8) is 0 Å². The normalized spacial score (nSPS) is 10.3. The molecular formula is C19H23NO3. The minimum Gasteiger partial charge on any atom is -0.497 e. The number of ether oxygens (including phenoxy) is 2. The average Bonchev–Trinajstić information content (AvgIpc) is 2.59. The number of carbonyl (C=O) groups excluding carboxylic acids is 1. The van der Waals surface area contributed by atoms with Gasteiger partial charge in [0, 0.05) is 24.7 Å². The highest BCUT2D eigenvalue weighted by Gasteiger charge is 2.17. The molecule has 122 valence electrons. The lowest BCUT2D eigenvalue weighted by Crippen LogP contribution is -2.30. The second-order valence-electron chi connectivity index (χ2n) is 5.35. The summed E-state index contributed by atoms with van der Waals surface area (Å²) in [4.78, 5) is 14.7. The molecule has 0 atom stereocenters. The summed E-state index contributed by atoms with van der Waals surface area (Å²) in [6, 6.07) is 13.4. The van der Waals surface area contributed by atoms with Gasteiger partial charge in [-0.3, -0.25) is 4.79 Å². The lowest BCUT2D eigenvalue weighted by Gasteiger charge is -2.22. The maximum Gasteiger partial charge on any atom is 0.254 e. The fourth-order valence-corrected chi connectivity index (χ4v) is 2.43. The van der Waals surface area contributed by atoms with Crippen LogP contribution in [0.1, 0.15) is 28.4 Å². The van der Waals surface area contributed by atoms with E-state index in [1.54, 1.807) is 32.4 Å². The molecule has 0 fully saturated rings. The zero-order valence-corrected chi connectivity index (χ0v) is 14.1. The molecule has 0 radical (unpaired) electrons. The number of aryl methyl sites for hydroxylation is 1. The molecule has 0 N–H and O–H groups in total. The zero-order valence-electron chi connectivity index (χ0n) is 14.1. The second-order valence-corrected chi connectivity index (χ2v) is 5.35. The molecule has 0 bridgehead atoms. The zero-order chi connectivity index (χ0) is 16.8. The van der Waals surface area contributed by atoms with Crippen molar-refractivity contribution in [2.24, 2.45) is 0 Å². The van der Waals surface area contributed by atoms with E-state index in [-0.39, 0.29) is 5.91 Å². The Labute approximate surface area is 137 Å². The molecule has 2 aromatic rings. The number of hydrogen-bond donors (Lipinski definition) is 0. The van der Waals surface area contributed by atoms with Crippen LogP contribution < -0.4 is 9.47 Å². The Hall–Kier alpha value is -2.49. The summed E-state index contributed by atoms with van der Waals surface area (Å²) >= 11 is 0. The molecule has 0 aliphatic carbocycles. The number of rotatable bonds is 6. The van der Waals surface area contributed by atoms with Crippen LogP contribution in [-0.2, 0) is 6.54 Å². The van der Waals surface area contributed by atoms with Gasteiger partial charge in [-0.15, -0.1) is 0 Å². The lowest BCUT2D eigenvalue weighted by molar-refractivity contribution is 0.0751. The summed E-state index contributed by atoms with van der Waals surface area (Å²) in [6.07, 6.45) is 0. The smallest absolute Gasteiger partial charge is 0.254 e. The van der Waals surface area contributed by atoms with Crippen LogP contribution in [0, 0.1) is 6.92 Å². The molecule has 23 heavy (non-hydrogen) atoms. The Balaban J connectivity index is 2.28. The van der Waals surface area contributed by atoms with Crippen molar-refractivity contribution in [2.45, 2.75) is 20.4 Å². The van der Waals surface area contributed by atoms with Crippen molar-refractivity contribution in [3.05, 3.63) is 59.2 Å². The third-order valence-electron chi connectivity index (χ3n) is 3.89. The topological polar surface area (TPSA) is 38.8 Å². The summed E-state index contributed by atoms with van der Waals surface area (Å²) in [5.74, 6) is 1.19. The first-order valence-electron chi connectivity index (χ1n) is 7.65. The van der Waals surface area contributed by atoms with E-state index in [0.717, 1.165) is 5.56 Å². The van der Waals surface area contributed by atoms with E-state index in [2.05, 4.69) is 19.1 Å². The molecule has 4 heteroatoms. The maximum atomic E-state index is 12.8. The predicted molar refractivity (Wildman–Crippen MR) is 91.1 cm³/mol. The van der Waals surface area contributed by atoms with E-state index in [0.29, 0.717) is 30.2 Å². The van der Waals surface area contributed by atoms with Gasteiger partial charge < -0.3 is 14.4 Å². The number of nitrogens with zero attached hydrogens (tertiary/aromatic N) is 1. The summed E-state index contributed by atoms with van der Waals surface area (Å²) < 4.78 is 10.5. The summed E-state index contributed by atoms with van der Waals surface area (Å²) in [5, 5.41) is 0. The van der Waals surface area contributed by atoms with Gasteiger partial charge in [0.1, 0.15) is 11.5 Å². The molecule has 0 heterocycles. The van der Waals surface area contributed by atoms with Crippen LogP contribution >= 0.6 is 0 Å². The Bertz CT molecular complexity index is 660. The highest BCUT2D eigenvalue weighted by molar-refractivity contribution is 5.95. The van der Waals surface area contributed by atoms with Crippen molar-refractivity contribution in [3.8, 4) is 11.5 Å². The van der Waals surface area contributed by atoms with E-state index >= 15 is 0 Å². The molecule has 0 unspecified atom stereocenters. The quantitative estimate of drug-likeness (QED) is 0.816. The van der Waals surface area contributed by atoms with Gasteiger partial charge >= 0.3 is 0 Å². The second kappa shape index (κ2) is 7.68. The number of carbonyl (C=O) groups is 1. The Morgan fingerprint density at radius 1 is 1.04 bits per heavy atom. The molecule has 0 saturated carbocycles. The molecule has 4 nitrogen and oxygen atoms in total. The van der Waals surface area contributed by atoms with Gasteiger partial charge in [0.15, 0.2) is 0 Å². The third kappa shape index (κ3) is 4.03. The summed E-state index contributed by atoms with van der Waals surface area (Å²) in [7, 11) is 3.15. The largest absolute Gasteiger partial charge is 0.497 e. The minimum absolute atomic E-state index is 0.0343. The first kappa shape index (κ1) is 16.9. The number of methoxy groups -OCH3 is 2. The standard InChI is InChI=1S/C19H23NO3/c1-5-20(13-15-9-7-6-8-14(15)2)19(21)16-10-17(22-3)12-18(11-16)23-4/h6-12H,5,13H2,1-4H3. The van der Waals surface area contributed by atoms with Crippen LogP contribution in [0.15, 0.2) is 42.5 Å². The van der Waals surface area contributed by atoms with E-state index < -0.39 is 0 Å². The van der Waals surface area contributed by atoms with Gasteiger partial charge in [-0.1, -0.05) is 24.3 Å². The maximum absolute atomic E-state index is 12.8. The molecule has 0 aliphatic rings. The summed E-state index contributed by atoms with van der Waals surface area (Å²) in [6.45, 7) is 5.25. The molecule has 0 aromatic heterocycles. The van der Waals surface area contributed by atoms with Crippen LogP contribution in [0.5, 0.6) is 11.5 Å². The fourth-order valence-electron chi connectivity index (χ4n) is 2.43. The fraction of sp³-hybridized carbons (Fsp3) is 0.316. The van der Waals surface area contributed by atoms with E-state index in [9.17, 15) is 4.79 Å². The van der Waals surface area contributed by atoms with Crippen molar-refractivity contribution >= 4 is 5.91 Å². The average molecular weight is 313 g/mol. The van der Waals surface area contributed by atoms with Crippen LogP contribution in [0.2, 0.25) is 0 Å². The lowest BCUT2D eigenvalue weighted by atomic mass is 10.1. The SMILES string of the molecule is CCN(Cc1ccccc1C)C(=O)c1cc(OC)cc(OC)c1. The first-order valence-corrected chi connectivity index (χ1v) is 7.65. The van der Waals surface area contributed by atoms with Crippen LogP contribution in [-0.4, -0.2) is 31.6 Å². The Kier molecular flexibility index (Phi) is 5.63. The minimum atomic E-state index is -0.0343. The van der Waals surface area contributed by atoms with Crippen molar-refractivity contribution < 1.29 is 14.3 Å². The number of benzene rings is 2.